The van der Waals surface area contributed by atoms with Crippen LogP contribution in [0.5, 0.6) is 0 Å². The van der Waals surface area contributed by atoms with Gasteiger partial charge in [0.2, 0.25) is 0 Å². The summed E-state index contributed by atoms with van der Waals surface area (Å²) in [5.74, 6) is 4.90. The van der Waals surface area contributed by atoms with Gasteiger partial charge in [0.25, 0.3) is 11.6 Å². The number of nitrogen functional groups attached to an aromatic ring is 1. The van der Waals surface area contributed by atoms with Gasteiger partial charge >= 0.3 is 0 Å². The maximum atomic E-state index is 11.9. The van der Waals surface area contributed by atoms with Gasteiger partial charge in [-0.25, -0.2) is 0 Å². The Kier molecular flexibility index (Phi) is 5.74. The first-order valence-electron chi connectivity index (χ1n) is 6.14. The molecule has 1 aromatic rings. The number of unbranched alkanes of at least 4 members (excludes halogenated alkanes) is 2. The predicted octanol–water partition coefficient (Wildman–Crippen LogP) is 1.80. The number of carbonyl (C=O) groups excluding carboxylic acids is 1. The van der Waals surface area contributed by atoms with Gasteiger partial charge in [-0.2, -0.15) is 0 Å². The summed E-state index contributed by atoms with van der Waals surface area (Å²) in [5, 5.41) is 13.6. The smallest absolute Gasteiger partial charge is 0.294 e. The zero-order valence-corrected chi connectivity index (χ0v) is 10.8. The number of nitrogens with two attached hydrogens (primary N) is 1. The van der Waals surface area contributed by atoms with Crippen LogP contribution in [-0.4, -0.2) is 17.4 Å². The number of benzene rings is 1. The molecule has 0 atom stereocenters. The summed E-state index contributed by atoms with van der Waals surface area (Å²) in [5.41, 5.74) is 2.21. The van der Waals surface area contributed by atoms with E-state index in [0.29, 0.717) is 6.54 Å². The lowest BCUT2D eigenvalue weighted by Gasteiger charge is -2.09. The lowest BCUT2D eigenvalue weighted by Crippen LogP contribution is -2.26. The Labute approximate surface area is 111 Å². The number of nitrogens with zero attached hydrogens (tertiary/aromatic N) is 1. The number of nitrogens with one attached hydrogen (secondary N) is 2. The van der Waals surface area contributed by atoms with Gasteiger partial charge in [0.05, 0.1) is 10.5 Å². The van der Waals surface area contributed by atoms with E-state index in [4.69, 9.17) is 5.84 Å². The van der Waals surface area contributed by atoms with Gasteiger partial charge in [-0.3, -0.25) is 20.8 Å². The van der Waals surface area contributed by atoms with Crippen LogP contribution in [0, 0.1) is 10.1 Å². The molecule has 1 amide bonds. The number of rotatable bonds is 7. The number of para-hydroxylation sites is 1. The van der Waals surface area contributed by atoms with Crippen molar-refractivity contribution in [1.29, 1.82) is 0 Å². The third-order valence-electron chi connectivity index (χ3n) is 2.69. The van der Waals surface area contributed by atoms with Crippen molar-refractivity contribution in [3.63, 3.8) is 0 Å². The predicted molar refractivity (Wildman–Crippen MR) is 72.8 cm³/mol. The van der Waals surface area contributed by atoms with Crippen molar-refractivity contribution < 1.29 is 9.72 Å². The minimum atomic E-state index is -0.580. The summed E-state index contributed by atoms with van der Waals surface area (Å²) in [6, 6.07) is 4.25. The molecule has 7 heteroatoms. The molecule has 0 spiro atoms. The molecular formula is C12H18N4O3. The second kappa shape index (κ2) is 7.32. The maximum Gasteiger partial charge on any atom is 0.294 e. The Morgan fingerprint density at radius 1 is 1.42 bits per heavy atom. The van der Waals surface area contributed by atoms with E-state index < -0.39 is 4.92 Å². The molecule has 0 saturated carbocycles. The fourth-order valence-corrected chi connectivity index (χ4v) is 1.71. The highest BCUT2D eigenvalue weighted by Crippen LogP contribution is 2.27. The summed E-state index contributed by atoms with van der Waals surface area (Å²) >= 11 is 0. The fraction of sp³-hybridized carbons (Fsp3) is 0.417. The second-order valence-corrected chi connectivity index (χ2v) is 4.06. The number of nitro groups is 1. The van der Waals surface area contributed by atoms with Crippen molar-refractivity contribution in [3.05, 3.63) is 33.9 Å². The maximum absolute atomic E-state index is 11.9. The normalized spacial score (nSPS) is 10.0. The van der Waals surface area contributed by atoms with Gasteiger partial charge in [-0.05, 0) is 12.5 Å². The van der Waals surface area contributed by atoms with E-state index >= 15 is 0 Å². The van der Waals surface area contributed by atoms with E-state index in [-0.39, 0.29) is 22.8 Å². The summed E-state index contributed by atoms with van der Waals surface area (Å²) in [7, 11) is 0. The minimum Gasteiger partial charge on any atom is -0.352 e. The highest BCUT2D eigenvalue weighted by atomic mass is 16.6. The number of anilines is 1. The molecule has 1 aromatic carbocycles. The van der Waals surface area contributed by atoms with Crippen molar-refractivity contribution in [2.45, 2.75) is 26.2 Å². The molecule has 0 fully saturated rings. The van der Waals surface area contributed by atoms with Crippen molar-refractivity contribution in [2.75, 3.05) is 12.0 Å². The molecule has 0 aromatic heterocycles. The molecule has 0 unspecified atom stereocenters. The summed E-state index contributed by atoms with van der Waals surface area (Å²) in [4.78, 5) is 22.2. The van der Waals surface area contributed by atoms with Crippen LogP contribution in [0.4, 0.5) is 11.4 Å². The molecular weight excluding hydrogens is 248 g/mol. The molecule has 0 heterocycles. The van der Waals surface area contributed by atoms with Gasteiger partial charge < -0.3 is 10.7 Å². The Bertz CT molecular complexity index is 462. The topological polar surface area (TPSA) is 110 Å². The first-order chi connectivity index (χ1) is 9.11. The molecule has 0 saturated heterocycles. The van der Waals surface area contributed by atoms with Gasteiger partial charge in [0.15, 0.2) is 0 Å². The van der Waals surface area contributed by atoms with Crippen LogP contribution in [0.2, 0.25) is 0 Å². The lowest BCUT2D eigenvalue weighted by molar-refractivity contribution is -0.384. The summed E-state index contributed by atoms with van der Waals surface area (Å²) in [6.45, 7) is 2.61. The van der Waals surface area contributed by atoms with Gasteiger partial charge in [-0.1, -0.05) is 25.8 Å². The van der Waals surface area contributed by atoms with Crippen LogP contribution in [0.15, 0.2) is 18.2 Å². The number of amides is 1. The second-order valence-electron chi connectivity index (χ2n) is 4.06. The molecule has 104 valence electrons. The average molecular weight is 266 g/mol. The highest BCUT2D eigenvalue weighted by Gasteiger charge is 2.20. The SMILES string of the molecule is CCCCCNC(=O)c1cccc([N+](=O)[O-])c1NN. The van der Waals surface area contributed by atoms with E-state index in [9.17, 15) is 14.9 Å². The summed E-state index contributed by atoms with van der Waals surface area (Å²) in [6.07, 6.45) is 2.96. The van der Waals surface area contributed by atoms with Crippen LogP contribution < -0.4 is 16.6 Å². The first-order valence-corrected chi connectivity index (χ1v) is 6.14. The number of hydrazine groups is 1. The van der Waals surface area contributed by atoms with Crippen molar-refractivity contribution in [3.8, 4) is 0 Å². The number of hydrogen-bond acceptors (Lipinski definition) is 5. The quantitative estimate of drug-likeness (QED) is 0.301. The van der Waals surface area contributed by atoms with Gasteiger partial charge in [-0.15, -0.1) is 0 Å². The number of nitro benzene ring substituents is 1. The number of hydrogen-bond donors (Lipinski definition) is 3. The van der Waals surface area contributed by atoms with E-state index in [1.54, 1.807) is 0 Å². The molecule has 0 aliphatic rings. The van der Waals surface area contributed by atoms with Gasteiger partial charge in [0.1, 0.15) is 5.69 Å². The van der Waals surface area contributed by atoms with Crippen molar-refractivity contribution in [1.82, 2.24) is 5.32 Å². The summed E-state index contributed by atoms with van der Waals surface area (Å²) < 4.78 is 0. The molecule has 0 bridgehead atoms. The largest absolute Gasteiger partial charge is 0.352 e. The van der Waals surface area contributed by atoms with Gasteiger partial charge in [0, 0.05) is 12.6 Å². The Morgan fingerprint density at radius 3 is 2.74 bits per heavy atom. The standard InChI is InChI=1S/C12H18N4O3/c1-2-3-4-8-14-12(17)9-6-5-7-10(16(18)19)11(9)15-13/h5-7,15H,2-4,8,13H2,1H3,(H,14,17). The Balaban J connectivity index is 2.84. The molecule has 7 nitrogen and oxygen atoms in total. The van der Waals surface area contributed by atoms with Crippen molar-refractivity contribution in [2.24, 2.45) is 5.84 Å². The van der Waals surface area contributed by atoms with Crippen LogP contribution >= 0.6 is 0 Å². The van der Waals surface area contributed by atoms with Crippen molar-refractivity contribution >= 4 is 17.3 Å². The van der Waals surface area contributed by atoms with Crippen LogP contribution in [-0.2, 0) is 0 Å². The third kappa shape index (κ3) is 3.92. The monoisotopic (exact) mass is 266 g/mol. The van der Waals surface area contributed by atoms with E-state index in [1.807, 2.05) is 0 Å². The molecule has 4 N–H and O–H groups in total. The highest BCUT2D eigenvalue weighted by molar-refractivity contribution is 6.01. The molecule has 1 rings (SSSR count). The zero-order chi connectivity index (χ0) is 14.3. The molecule has 0 radical (unpaired) electrons. The Morgan fingerprint density at radius 2 is 2.16 bits per heavy atom. The Hall–Kier alpha value is -2.15. The molecule has 19 heavy (non-hydrogen) atoms. The molecule has 0 aliphatic carbocycles. The third-order valence-corrected chi connectivity index (χ3v) is 2.69. The first kappa shape index (κ1) is 14.9. The average Bonchev–Trinajstić information content (AvgIpc) is 2.42. The van der Waals surface area contributed by atoms with E-state index in [0.717, 1.165) is 19.3 Å². The minimum absolute atomic E-state index is 0.0282. The lowest BCUT2D eigenvalue weighted by atomic mass is 10.1. The van der Waals surface area contributed by atoms with Crippen LogP contribution in [0.1, 0.15) is 36.5 Å². The van der Waals surface area contributed by atoms with E-state index in [2.05, 4.69) is 17.7 Å². The van der Waals surface area contributed by atoms with E-state index in [1.165, 1.54) is 18.2 Å². The number of carbonyl (C=O) groups is 1. The van der Waals surface area contributed by atoms with Crippen LogP contribution in [0.25, 0.3) is 0 Å². The zero-order valence-electron chi connectivity index (χ0n) is 10.8. The van der Waals surface area contributed by atoms with Crippen LogP contribution in [0.3, 0.4) is 0 Å². The fourth-order valence-electron chi connectivity index (χ4n) is 1.71. The molecule has 0 aliphatic heterocycles.